The number of amides is 2. The van der Waals surface area contributed by atoms with E-state index in [4.69, 9.17) is 4.74 Å². The number of hydrogen-bond acceptors (Lipinski definition) is 4. The third-order valence-corrected chi connectivity index (χ3v) is 2.93. The Morgan fingerprint density at radius 3 is 2.74 bits per heavy atom. The van der Waals surface area contributed by atoms with Crippen LogP contribution in [0.15, 0.2) is 0 Å². The second-order valence-corrected chi connectivity index (χ2v) is 4.72. The van der Waals surface area contributed by atoms with Crippen LogP contribution in [0.4, 0.5) is 0 Å². The molecule has 6 heteroatoms. The van der Waals surface area contributed by atoms with Crippen LogP contribution in [-0.4, -0.2) is 48.4 Å². The van der Waals surface area contributed by atoms with Gasteiger partial charge in [0.2, 0.25) is 11.8 Å². The van der Waals surface area contributed by atoms with Gasteiger partial charge >= 0.3 is 5.97 Å². The predicted octanol–water partition coefficient (Wildman–Crippen LogP) is 0.457. The van der Waals surface area contributed by atoms with Gasteiger partial charge < -0.3 is 15.0 Å². The molecule has 1 saturated heterocycles. The molecule has 1 N–H and O–H groups in total. The van der Waals surface area contributed by atoms with Crippen LogP contribution < -0.4 is 5.32 Å². The third-order valence-electron chi connectivity index (χ3n) is 2.93. The fraction of sp³-hybridized carbons (Fsp3) is 0.769. The van der Waals surface area contributed by atoms with Crippen molar-refractivity contribution < 1.29 is 19.1 Å². The van der Waals surface area contributed by atoms with Gasteiger partial charge in [-0.25, -0.2) is 0 Å². The van der Waals surface area contributed by atoms with Gasteiger partial charge in [-0.1, -0.05) is 0 Å². The van der Waals surface area contributed by atoms with Gasteiger partial charge in [0, 0.05) is 32.0 Å². The Balaban J connectivity index is 2.20. The molecule has 108 valence electrons. The van der Waals surface area contributed by atoms with Gasteiger partial charge in [-0.3, -0.25) is 14.4 Å². The minimum Gasteiger partial charge on any atom is -0.466 e. The van der Waals surface area contributed by atoms with E-state index in [0.717, 1.165) is 13.0 Å². The van der Waals surface area contributed by atoms with Crippen LogP contribution in [0.3, 0.4) is 0 Å². The van der Waals surface area contributed by atoms with Crippen molar-refractivity contribution >= 4 is 17.8 Å². The van der Waals surface area contributed by atoms with Crippen molar-refractivity contribution in [3.05, 3.63) is 0 Å². The molecule has 1 unspecified atom stereocenters. The zero-order valence-corrected chi connectivity index (χ0v) is 11.6. The molecule has 0 radical (unpaired) electrons. The van der Waals surface area contributed by atoms with Gasteiger partial charge in [0.15, 0.2) is 0 Å². The molecule has 1 aliphatic heterocycles. The Hall–Kier alpha value is -1.59. The highest BCUT2D eigenvalue weighted by Gasteiger charge is 2.22. The maximum Gasteiger partial charge on any atom is 0.306 e. The number of ether oxygens (including phenoxy) is 1. The van der Waals surface area contributed by atoms with E-state index in [1.54, 1.807) is 11.8 Å². The van der Waals surface area contributed by atoms with Crippen LogP contribution in [0.5, 0.6) is 0 Å². The van der Waals surface area contributed by atoms with Gasteiger partial charge in [0.25, 0.3) is 0 Å². The minimum atomic E-state index is -0.361. The predicted molar refractivity (Wildman–Crippen MR) is 69.3 cm³/mol. The lowest BCUT2D eigenvalue weighted by Crippen LogP contribution is -2.42. The van der Waals surface area contributed by atoms with Crippen molar-refractivity contribution in [3.63, 3.8) is 0 Å². The van der Waals surface area contributed by atoms with Gasteiger partial charge in [0.1, 0.15) is 0 Å². The largest absolute Gasteiger partial charge is 0.466 e. The zero-order valence-electron chi connectivity index (χ0n) is 11.6. The van der Waals surface area contributed by atoms with E-state index in [1.165, 1.54) is 0 Å². The van der Waals surface area contributed by atoms with Crippen LogP contribution in [0, 0.1) is 0 Å². The monoisotopic (exact) mass is 270 g/mol. The summed E-state index contributed by atoms with van der Waals surface area (Å²) >= 11 is 0. The van der Waals surface area contributed by atoms with E-state index >= 15 is 0 Å². The molecule has 6 nitrogen and oxygen atoms in total. The fourth-order valence-corrected chi connectivity index (χ4v) is 2.07. The minimum absolute atomic E-state index is 0.0923. The summed E-state index contributed by atoms with van der Waals surface area (Å²) in [5.74, 6) is -0.403. The molecule has 1 aliphatic rings. The van der Waals surface area contributed by atoms with E-state index in [9.17, 15) is 14.4 Å². The van der Waals surface area contributed by atoms with E-state index in [2.05, 4.69) is 5.32 Å². The highest BCUT2D eigenvalue weighted by atomic mass is 16.5. The maximum absolute atomic E-state index is 11.6. The van der Waals surface area contributed by atoms with Gasteiger partial charge in [0.05, 0.1) is 13.0 Å². The molecule has 0 bridgehead atoms. The maximum atomic E-state index is 11.6. The second-order valence-electron chi connectivity index (χ2n) is 4.72. The summed E-state index contributed by atoms with van der Waals surface area (Å²) < 4.78 is 4.75. The molecule has 1 fully saturated rings. The number of carbonyl (C=O) groups is 3. The Bertz CT molecular complexity index is 344. The standard InChI is InChI=1S/C13H22N2O4/c1-3-19-13(18)7-6-11(16)14-10(2)9-15-8-4-5-12(15)17/h10H,3-9H2,1-2H3,(H,14,16). The topological polar surface area (TPSA) is 75.7 Å². The third kappa shape index (κ3) is 5.72. The lowest BCUT2D eigenvalue weighted by atomic mass is 10.2. The van der Waals surface area contributed by atoms with Crippen molar-refractivity contribution in [2.45, 2.75) is 45.6 Å². The molecule has 0 aromatic heterocycles. The van der Waals surface area contributed by atoms with E-state index in [-0.39, 0.29) is 36.7 Å². The smallest absolute Gasteiger partial charge is 0.306 e. The molecule has 1 heterocycles. The summed E-state index contributed by atoms with van der Waals surface area (Å²) in [7, 11) is 0. The molecule has 0 aromatic rings. The normalized spacial score (nSPS) is 16.3. The molecule has 0 aliphatic carbocycles. The number of hydrogen-bond donors (Lipinski definition) is 1. The zero-order chi connectivity index (χ0) is 14.3. The summed E-state index contributed by atoms with van der Waals surface area (Å²) in [6.07, 6.45) is 1.71. The second kappa shape index (κ2) is 7.76. The molecular formula is C13H22N2O4. The van der Waals surface area contributed by atoms with Crippen LogP contribution in [-0.2, 0) is 19.1 Å². The highest BCUT2D eigenvalue weighted by Crippen LogP contribution is 2.09. The first-order valence-corrected chi connectivity index (χ1v) is 6.75. The first-order chi connectivity index (χ1) is 9.02. The molecule has 0 spiro atoms. The van der Waals surface area contributed by atoms with Crippen molar-refractivity contribution in [1.29, 1.82) is 0 Å². The van der Waals surface area contributed by atoms with E-state index < -0.39 is 0 Å². The number of rotatable bonds is 7. The average Bonchev–Trinajstić information content (AvgIpc) is 2.73. The SMILES string of the molecule is CCOC(=O)CCC(=O)NC(C)CN1CCCC1=O. The summed E-state index contributed by atoms with van der Waals surface area (Å²) in [4.78, 5) is 35.9. The van der Waals surface area contributed by atoms with Gasteiger partial charge in [-0.2, -0.15) is 0 Å². The average molecular weight is 270 g/mol. The molecule has 19 heavy (non-hydrogen) atoms. The summed E-state index contributed by atoms with van der Waals surface area (Å²) in [6.45, 7) is 5.21. The summed E-state index contributed by atoms with van der Waals surface area (Å²) in [5.41, 5.74) is 0. The van der Waals surface area contributed by atoms with Crippen molar-refractivity contribution in [1.82, 2.24) is 10.2 Å². The van der Waals surface area contributed by atoms with Crippen LogP contribution in [0.2, 0.25) is 0 Å². The van der Waals surface area contributed by atoms with Crippen LogP contribution >= 0.6 is 0 Å². The Kier molecular flexibility index (Phi) is 6.32. The Labute approximate surface area is 113 Å². The molecule has 1 rings (SSSR count). The highest BCUT2D eigenvalue weighted by molar-refractivity contribution is 5.81. The number of likely N-dealkylation sites (tertiary alicyclic amines) is 1. The van der Waals surface area contributed by atoms with E-state index in [0.29, 0.717) is 19.6 Å². The fourth-order valence-electron chi connectivity index (χ4n) is 2.07. The Morgan fingerprint density at radius 1 is 1.42 bits per heavy atom. The number of esters is 1. The van der Waals surface area contributed by atoms with Crippen molar-refractivity contribution in [3.8, 4) is 0 Å². The molecule has 1 atom stereocenters. The van der Waals surface area contributed by atoms with Gasteiger partial charge in [-0.05, 0) is 20.3 Å². The van der Waals surface area contributed by atoms with Crippen molar-refractivity contribution in [2.75, 3.05) is 19.7 Å². The lowest BCUT2D eigenvalue weighted by Gasteiger charge is -2.21. The number of carbonyl (C=O) groups excluding carboxylic acids is 3. The molecule has 0 aromatic carbocycles. The number of nitrogens with zero attached hydrogens (tertiary/aromatic N) is 1. The van der Waals surface area contributed by atoms with Gasteiger partial charge in [-0.15, -0.1) is 0 Å². The van der Waals surface area contributed by atoms with Crippen molar-refractivity contribution in [2.24, 2.45) is 0 Å². The van der Waals surface area contributed by atoms with E-state index in [1.807, 2.05) is 6.92 Å². The first-order valence-electron chi connectivity index (χ1n) is 6.75. The first kappa shape index (κ1) is 15.5. The molecule has 0 saturated carbocycles. The molecular weight excluding hydrogens is 248 g/mol. The van der Waals surface area contributed by atoms with Crippen LogP contribution in [0.1, 0.15) is 39.5 Å². The number of nitrogens with one attached hydrogen (secondary N) is 1. The Morgan fingerprint density at radius 2 is 2.16 bits per heavy atom. The molecule has 2 amide bonds. The lowest BCUT2D eigenvalue weighted by molar-refractivity contribution is -0.144. The quantitative estimate of drug-likeness (QED) is 0.682. The van der Waals surface area contributed by atoms with Crippen LogP contribution in [0.25, 0.3) is 0 Å². The summed E-state index contributed by atoms with van der Waals surface area (Å²) in [5, 5.41) is 2.78. The summed E-state index contributed by atoms with van der Waals surface area (Å²) in [6, 6.07) is -0.100.